The van der Waals surface area contributed by atoms with E-state index in [9.17, 15) is 0 Å². The highest BCUT2D eigenvalue weighted by atomic mass is 15.0. The molecule has 3 nitrogen and oxygen atoms in total. The average Bonchev–Trinajstić information content (AvgIpc) is 3.61. The summed E-state index contributed by atoms with van der Waals surface area (Å²) in [5.41, 5.74) is 18.4. The van der Waals surface area contributed by atoms with Crippen LogP contribution < -0.4 is 10.6 Å². The van der Waals surface area contributed by atoms with Gasteiger partial charge in [0.1, 0.15) is 0 Å². The molecule has 0 fully saturated rings. The Balaban J connectivity index is 0.821. The summed E-state index contributed by atoms with van der Waals surface area (Å²) in [6, 6.07) is 53.2. The minimum absolute atomic E-state index is 0.333. The third-order valence-electron chi connectivity index (χ3n) is 11.8. The second-order valence-electron chi connectivity index (χ2n) is 15.1. The lowest BCUT2D eigenvalue weighted by Gasteiger charge is -2.38. The van der Waals surface area contributed by atoms with Gasteiger partial charge >= 0.3 is 0 Å². The number of allylic oxidation sites excluding steroid dienone is 10. The first-order valence-electron chi connectivity index (χ1n) is 19.6. The van der Waals surface area contributed by atoms with Crippen molar-refractivity contribution >= 4 is 27.5 Å². The van der Waals surface area contributed by atoms with Gasteiger partial charge in [0.05, 0.1) is 28.1 Å². The monoisotopic (exact) mass is 717 g/mol. The van der Waals surface area contributed by atoms with Gasteiger partial charge in [-0.05, 0) is 87.3 Å². The molecule has 6 aromatic carbocycles. The van der Waals surface area contributed by atoms with Gasteiger partial charge < -0.3 is 15.2 Å². The number of nitrogens with zero attached hydrogens (tertiary/aromatic N) is 1. The van der Waals surface area contributed by atoms with Crippen LogP contribution in [0.4, 0.5) is 0 Å². The van der Waals surface area contributed by atoms with Crippen molar-refractivity contribution in [1.29, 1.82) is 0 Å². The van der Waals surface area contributed by atoms with Crippen molar-refractivity contribution in [3.63, 3.8) is 0 Å². The summed E-state index contributed by atoms with van der Waals surface area (Å²) in [5.74, 6) is 0.686. The Labute approximate surface area is 327 Å². The number of fused-ring (bicyclic) bond motifs is 7. The molecule has 4 aliphatic rings. The minimum atomic E-state index is 0.333. The SMILES string of the molecule is C1=CC2=C3NC=C(c4cccc(-c5ccc(-c6ccc(Cc7ccc8c(c7)c7ccccc7n8-c7ccccc7)cc6)cc5)c4)NC3=C3C=CC=CC3C2C=C1. The van der Waals surface area contributed by atoms with Crippen molar-refractivity contribution in [2.75, 3.05) is 0 Å². The molecule has 1 aliphatic heterocycles. The standard InChI is InChI=1S/C53H39N3/c1-2-13-42(14-3-1)56-50-20-9-8-17-45(50)48-32-36(23-30-51(48)56)31-35-21-24-37(25-22-35)38-26-28-39(29-27-38)40-11-10-12-41(33-40)49-34-54-52-46-18-6-4-15-43(46)44-16-5-7-19-47(44)53(52)55-49/h1-30,32-34,43-44,54-55H,31H2. The number of para-hydroxylation sites is 2. The Morgan fingerprint density at radius 1 is 0.464 bits per heavy atom. The fourth-order valence-corrected chi connectivity index (χ4v) is 9.05. The molecule has 2 N–H and O–H groups in total. The van der Waals surface area contributed by atoms with E-state index in [4.69, 9.17) is 0 Å². The Morgan fingerprint density at radius 3 is 1.86 bits per heavy atom. The highest BCUT2D eigenvalue weighted by Gasteiger charge is 2.35. The molecule has 0 saturated heterocycles. The molecular weight excluding hydrogens is 679 g/mol. The molecule has 0 saturated carbocycles. The molecule has 56 heavy (non-hydrogen) atoms. The van der Waals surface area contributed by atoms with E-state index in [0.717, 1.165) is 17.7 Å². The van der Waals surface area contributed by atoms with Crippen LogP contribution in [0.3, 0.4) is 0 Å². The van der Waals surface area contributed by atoms with Crippen LogP contribution in [0.1, 0.15) is 16.7 Å². The third-order valence-corrected chi connectivity index (χ3v) is 11.8. The van der Waals surface area contributed by atoms with Crippen molar-refractivity contribution < 1.29 is 0 Å². The number of nitrogens with one attached hydrogen (secondary N) is 2. The van der Waals surface area contributed by atoms with E-state index in [-0.39, 0.29) is 0 Å². The smallest absolute Gasteiger partial charge is 0.0665 e. The summed E-state index contributed by atoms with van der Waals surface area (Å²) in [5, 5.41) is 10.1. The van der Waals surface area contributed by atoms with E-state index in [1.165, 1.54) is 83.4 Å². The Morgan fingerprint density at radius 2 is 1.09 bits per heavy atom. The van der Waals surface area contributed by atoms with Crippen molar-refractivity contribution in [2.45, 2.75) is 6.42 Å². The van der Waals surface area contributed by atoms with Crippen molar-refractivity contribution in [3.8, 4) is 27.9 Å². The van der Waals surface area contributed by atoms with Gasteiger partial charge in [-0.15, -0.1) is 0 Å². The molecular formula is C53H39N3. The van der Waals surface area contributed by atoms with Gasteiger partial charge in [0, 0.05) is 40.1 Å². The summed E-state index contributed by atoms with van der Waals surface area (Å²) in [4.78, 5) is 0. The fourth-order valence-electron chi connectivity index (χ4n) is 9.05. The molecule has 2 heterocycles. The zero-order valence-corrected chi connectivity index (χ0v) is 30.9. The van der Waals surface area contributed by atoms with Crippen molar-refractivity contribution in [2.24, 2.45) is 11.8 Å². The summed E-state index contributed by atoms with van der Waals surface area (Å²) in [6.45, 7) is 0. The fraction of sp³-hybridized carbons (Fsp3) is 0.0566. The molecule has 0 bridgehead atoms. The summed E-state index contributed by atoms with van der Waals surface area (Å²) in [7, 11) is 0. The van der Waals surface area contributed by atoms with Crippen LogP contribution in [-0.4, -0.2) is 4.57 Å². The lowest BCUT2D eigenvalue weighted by molar-refractivity contribution is 0.584. The van der Waals surface area contributed by atoms with Gasteiger partial charge in [0.15, 0.2) is 0 Å². The lowest BCUT2D eigenvalue weighted by Crippen LogP contribution is -2.36. The van der Waals surface area contributed by atoms with Gasteiger partial charge in [-0.2, -0.15) is 0 Å². The van der Waals surface area contributed by atoms with Gasteiger partial charge in [-0.1, -0.05) is 158 Å². The molecule has 3 aliphatic carbocycles. The van der Waals surface area contributed by atoms with E-state index >= 15 is 0 Å². The molecule has 3 heteroatoms. The number of aromatic nitrogens is 1. The van der Waals surface area contributed by atoms with E-state index in [1.807, 2.05) is 0 Å². The Hall–Kier alpha value is -7.10. The summed E-state index contributed by atoms with van der Waals surface area (Å²) in [6.07, 6.45) is 20.8. The minimum Gasteiger partial charge on any atom is -0.358 e. The first-order valence-corrected chi connectivity index (χ1v) is 19.6. The second kappa shape index (κ2) is 13.3. The van der Waals surface area contributed by atoms with Crippen LogP contribution in [0.25, 0.3) is 55.4 Å². The van der Waals surface area contributed by atoms with Crippen LogP contribution in [0, 0.1) is 11.8 Å². The molecule has 11 rings (SSSR count). The summed E-state index contributed by atoms with van der Waals surface area (Å²) >= 11 is 0. The second-order valence-corrected chi connectivity index (χ2v) is 15.1. The molecule has 2 unspecified atom stereocenters. The molecule has 0 spiro atoms. The van der Waals surface area contributed by atoms with Crippen molar-refractivity contribution in [1.82, 2.24) is 15.2 Å². The predicted octanol–water partition coefficient (Wildman–Crippen LogP) is 12.2. The van der Waals surface area contributed by atoms with E-state index < -0.39 is 0 Å². The van der Waals surface area contributed by atoms with Crippen LogP contribution >= 0.6 is 0 Å². The zero-order valence-electron chi connectivity index (χ0n) is 30.9. The third kappa shape index (κ3) is 5.51. The average molecular weight is 718 g/mol. The maximum absolute atomic E-state index is 3.83. The first kappa shape index (κ1) is 32.3. The molecule has 7 aromatic rings. The molecule has 0 amide bonds. The maximum Gasteiger partial charge on any atom is 0.0665 e. The largest absolute Gasteiger partial charge is 0.358 e. The topological polar surface area (TPSA) is 29.0 Å². The van der Waals surface area contributed by atoms with Crippen LogP contribution in [0.2, 0.25) is 0 Å². The quantitative estimate of drug-likeness (QED) is 0.179. The normalized spacial score (nSPS) is 18.0. The van der Waals surface area contributed by atoms with Crippen LogP contribution in [0.5, 0.6) is 0 Å². The number of hydrogen-bond acceptors (Lipinski definition) is 2. The van der Waals surface area contributed by atoms with Gasteiger partial charge in [-0.3, -0.25) is 0 Å². The molecule has 2 atom stereocenters. The van der Waals surface area contributed by atoms with Gasteiger partial charge in [0.25, 0.3) is 0 Å². The van der Waals surface area contributed by atoms with E-state index in [0.29, 0.717) is 11.8 Å². The van der Waals surface area contributed by atoms with E-state index in [1.54, 1.807) is 0 Å². The highest BCUT2D eigenvalue weighted by Crippen LogP contribution is 2.44. The van der Waals surface area contributed by atoms with Gasteiger partial charge in [0.2, 0.25) is 0 Å². The lowest BCUT2D eigenvalue weighted by atomic mass is 9.71. The Bertz CT molecular complexity index is 2910. The maximum atomic E-state index is 3.83. The molecule has 0 radical (unpaired) electrons. The number of hydrogen-bond donors (Lipinski definition) is 2. The first-order chi connectivity index (χ1) is 27.7. The number of benzene rings is 6. The predicted molar refractivity (Wildman–Crippen MR) is 233 cm³/mol. The van der Waals surface area contributed by atoms with Gasteiger partial charge in [-0.25, -0.2) is 0 Å². The van der Waals surface area contributed by atoms with Crippen LogP contribution in [0.15, 0.2) is 223 Å². The van der Waals surface area contributed by atoms with Crippen molar-refractivity contribution in [3.05, 3.63) is 240 Å². The zero-order chi connectivity index (χ0) is 37.0. The molecule has 1 aromatic heterocycles. The van der Waals surface area contributed by atoms with Crippen LogP contribution in [-0.2, 0) is 6.42 Å². The Kier molecular flexibility index (Phi) is 7.70. The number of rotatable bonds is 6. The highest BCUT2D eigenvalue weighted by molar-refractivity contribution is 6.09. The van der Waals surface area contributed by atoms with E-state index in [2.05, 4.69) is 216 Å². The molecule has 266 valence electrons. The summed E-state index contributed by atoms with van der Waals surface area (Å²) < 4.78 is 2.37.